The van der Waals surface area contributed by atoms with E-state index in [0.29, 0.717) is 5.75 Å². The lowest BCUT2D eigenvalue weighted by molar-refractivity contribution is -0.136. The molecule has 3 atom stereocenters. The molecule has 0 aromatic heterocycles. The Labute approximate surface area is 98.0 Å². The van der Waals surface area contributed by atoms with E-state index in [1.807, 2.05) is 37.3 Å². The van der Waals surface area contributed by atoms with Crippen LogP contribution in [0.1, 0.15) is 25.3 Å². The van der Waals surface area contributed by atoms with E-state index in [-0.39, 0.29) is 5.92 Å². The van der Waals surface area contributed by atoms with Crippen molar-refractivity contribution in [2.75, 3.05) is 5.75 Å². The average Bonchev–Trinajstić information content (AvgIpc) is 2.28. The lowest BCUT2D eigenvalue weighted by atomic mass is 10.0. The zero-order valence-corrected chi connectivity index (χ0v) is 10.2. The van der Waals surface area contributed by atoms with Gasteiger partial charge in [0, 0.05) is 16.6 Å². The number of hydrogen-bond acceptors (Lipinski definition) is 2. The molecule has 16 heavy (non-hydrogen) atoms. The molecule has 0 bridgehead atoms. The van der Waals surface area contributed by atoms with Crippen LogP contribution in [0.3, 0.4) is 0 Å². The van der Waals surface area contributed by atoms with Gasteiger partial charge >= 0.3 is 5.97 Å². The normalized spacial score (nSPS) is 16.4. The summed E-state index contributed by atoms with van der Waals surface area (Å²) in [4.78, 5) is 10.7. The molecule has 0 saturated heterocycles. The summed E-state index contributed by atoms with van der Waals surface area (Å²) in [5.41, 5.74) is 1.09. The Morgan fingerprint density at radius 1 is 1.31 bits per heavy atom. The van der Waals surface area contributed by atoms with Gasteiger partial charge in [-0.2, -0.15) is 0 Å². The topological polar surface area (TPSA) is 54.4 Å². The number of carboxylic acids is 1. The van der Waals surface area contributed by atoms with Crippen LogP contribution in [0.15, 0.2) is 30.3 Å². The molecule has 0 spiro atoms. The highest BCUT2D eigenvalue weighted by molar-refractivity contribution is 7.86. The van der Waals surface area contributed by atoms with Crippen molar-refractivity contribution in [3.05, 3.63) is 35.9 Å². The number of carbonyl (C=O) groups is 1. The number of aliphatic carboxylic acids is 1. The zero-order valence-electron chi connectivity index (χ0n) is 9.42. The van der Waals surface area contributed by atoms with Gasteiger partial charge in [0.15, 0.2) is 0 Å². The maximum Gasteiger partial charge on any atom is 0.318 e. The molecule has 1 aromatic rings. The number of rotatable bonds is 5. The molecule has 0 aliphatic rings. The van der Waals surface area contributed by atoms with E-state index in [1.54, 1.807) is 0 Å². The van der Waals surface area contributed by atoms with Crippen molar-refractivity contribution in [1.29, 1.82) is 0 Å². The Morgan fingerprint density at radius 2 is 1.88 bits per heavy atom. The van der Waals surface area contributed by atoms with Crippen LogP contribution in [0.25, 0.3) is 0 Å². The second kappa shape index (κ2) is 5.80. The van der Waals surface area contributed by atoms with Gasteiger partial charge < -0.3 is 5.11 Å². The first-order chi connectivity index (χ1) is 7.52. The van der Waals surface area contributed by atoms with E-state index >= 15 is 0 Å². The van der Waals surface area contributed by atoms with E-state index < -0.39 is 22.0 Å². The average molecular weight is 240 g/mol. The lowest BCUT2D eigenvalue weighted by Crippen LogP contribution is -2.25. The summed E-state index contributed by atoms with van der Waals surface area (Å²) in [7, 11) is -1.33. The van der Waals surface area contributed by atoms with Gasteiger partial charge in [0.25, 0.3) is 0 Å². The Morgan fingerprint density at radius 3 is 2.38 bits per heavy atom. The number of carboxylic acid groups (broad SMARTS) is 1. The van der Waals surface area contributed by atoms with E-state index in [4.69, 9.17) is 5.11 Å². The molecule has 0 saturated carbocycles. The predicted molar refractivity (Wildman–Crippen MR) is 65.0 cm³/mol. The highest BCUT2D eigenvalue weighted by Crippen LogP contribution is 2.16. The summed E-state index contributed by atoms with van der Waals surface area (Å²) in [6, 6.07) is 9.71. The second-order valence-corrected chi connectivity index (χ2v) is 5.64. The lowest BCUT2D eigenvalue weighted by Gasteiger charge is -2.13. The Bertz CT molecular complexity index is 375. The molecular formula is C12H16O3S. The van der Waals surface area contributed by atoms with Crippen molar-refractivity contribution in [2.45, 2.75) is 25.0 Å². The maximum atomic E-state index is 11.7. The molecule has 1 aromatic carbocycles. The molecule has 4 heteroatoms. The SMILES string of the molecule is CC(CS(=O)C(C)C(=O)O)c1ccccc1. The molecular weight excluding hydrogens is 224 g/mol. The third-order valence-corrected chi connectivity index (χ3v) is 4.34. The molecule has 0 heterocycles. The molecule has 3 unspecified atom stereocenters. The second-order valence-electron chi connectivity index (χ2n) is 3.84. The van der Waals surface area contributed by atoms with Gasteiger partial charge in [0.2, 0.25) is 0 Å². The minimum atomic E-state index is -1.33. The van der Waals surface area contributed by atoms with Gasteiger partial charge in [-0.25, -0.2) is 0 Å². The fourth-order valence-corrected chi connectivity index (χ4v) is 2.58. The Hall–Kier alpha value is -1.16. The summed E-state index contributed by atoms with van der Waals surface area (Å²) in [6.07, 6.45) is 0. The minimum absolute atomic E-state index is 0.115. The van der Waals surface area contributed by atoms with Crippen LogP contribution in [0.2, 0.25) is 0 Å². The largest absolute Gasteiger partial charge is 0.480 e. The van der Waals surface area contributed by atoms with Crippen LogP contribution in [0.5, 0.6) is 0 Å². The maximum absolute atomic E-state index is 11.7. The highest BCUT2D eigenvalue weighted by atomic mass is 32.2. The third-order valence-electron chi connectivity index (χ3n) is 2.52. The molecule has 3 nitrogen and oxygen atoms in total. The van der Waals surface area contributed by atoms with Crippen molar-refractivity contribution in [3.8, 4) is 0 Å². The first-order valence-electron chi connectivity index (χ1n) is 5.17. The fourth-order valence-electron chi connectivity index (χ4n) is 1.38. The van der Waals surface area contributed by atoms with E-state index in [2.05, 4.69) is 0 Å². The van der Waals surface area contributed by atoms with Crippen molar-refractivity contribution in [1.82, 2.24) is 0 Å². The minimum Gasteiger partial charge on any atom is -0.480 e. The van der Waals surface area contributed by atoms with Crippen molar-refractivity contribution >= 4 is 16.8 Å². The van der Waals surface area contributed by atoms with E-state index in [9.17, 15) is 9.00 Å². The van der Waals surface area contributed by atoms with Crippen molar-refractivity contribution < 1.29 is 14.1 Å². The van der Waals surface area contributed by atoms with Crippen LogP contribution in [-0.2, 0) is 15.6 Å². The molecule has 0 aliphatic heterocycles. The fraction of sp³-hybridized carbons (Fsp3) is 0.417. The van der Waals surface area contributed by atoms with Crippen molar-refractivity contribution in [3.63, 3.8) is 0 Å². The first kappa shape index (κ1) is 12.9. The molecule has 0 radical (unpaired) electrons. The van der Waals surface area contributed by atoms with Crippen LogP contribution >= 0.6 is 0 Å². The molecule has 1 N–H and O–H groups in total. The molecule has 0 fully saturated rings. The summed E-state index contributed by atoms with van der Waals surface area (Å²) >= 11 is 0. The highest BCUT2D eigenvalue weighted by Gasteiger charge is 2.21. The first-order valence-corrected chi connectivity index (χ1v) is 6.55. The van der Waals surface area contributed by atoms with Gasteiger partial charge in [0.05, 0.1) is 0 Å². The quantitative estimate of drug-likeness (QED) is 0.856. The van der Waals surface area contributed by atoms with Crippen LogP contribution < -0.4 is 0 Å². The zero-order chi connectivity index (χ0) is 12.1. The Kier molecular flexibility index (Phi) is 4.68. The van der Waals surface area contributed by atoms with Gasteiger partial charge in [0.1, 0.15) is 5.25 Å². The molecule has 0 amide bonds. The molecule has 0 aliphatic carbocycles. The predicted octanol–water partition coefficient (Wildman–Crippen LogP) is 2.01. The van der Waals surface area contributed by atoms with Gasteiger partial charge in [-0.05, 0) is 18.4 Å². The summed E-state index contributed by atoms with van der Waals surface area (Å²) in [6.45, 7) is 3.44. The van der Waals surface area contributed by atoms with Crippen LogP contribution in [-0.4, -0.2) is 26.3 Å². The summed E-state index contributed by atoms with van der Waals surface area (Å²) < 4.78 is 11.7. The smallest absolute Gasteiger partial charge is 0.318 e. The third kappa shape index (κ3) is 3.45. The monoisotopic (exact) mass is 240 g/mol. The van der Waals surface area contributed by atoms with E-state index in [0.717, 1.165) is 5.56 Å². The van der Waals surface area contributed by atoms with Crippen LogP contribution in [0, 0.1) is 0 Å². The van der Waals surface area contributed by atoms with E-state index in [1.165, 1.54) is 6.92 Å². The summed E-state index contributed by atoms with van der Waals surface area (Å²) in [5.74, 6) is -0.500. The van der Waals surface area contributed by atoms with Gasteiger partial charge in [-0.3, -0.25) is 9.00 Å². The van der Waals surface area contributed by atoms with Crippen LogP contribution in [0.4, 0.5) is 0 Å². The standard InChI is InChI=1S/C12H16O3S/c1-9(11-6-4-3-5-7-11)8-16(15)10(2)12(13)14/h3-7,9-10H,8H2,1-2H3,(H,13,14). The van der Waals surface area contributed by atoms with Gasteiger partial charge in [-0.15, -0.1) is 0 Å². The summed E-state index contributed by atoms with van der Waals surface area (Å²) in [5, 5.41) is 7.94. The molecule has 1 rings (SSSR count). The number of hydrogen-bond donors (Lipinski definition) is 1. The molecule has 88 valence electrons. The van der Waals surface area contributed by atoms with Gasteiger partial charge in [-0.1, -0.05) is 37.3 Å². The Balaban J connectivity index is 2.62. The van der Waals surface area contributed by atoms with Crippen molar-refractivity contribution in [2.24, 2.45) is 0 Å². The number of benzene rings is 1.